The SMILES string of the molecule is Cc1nscc1-c1[nH]c2ccccc2c1C=O. The normalized spacial score (nSPS) is 10.9. The molecule has 0 saturated heterocycles. The summed E-state index contributed by atoms with van der Waals surface area (Å²) in [5.74, 6) is 0. The number of aldehydes is 1. The molecule has 2 heterocycles. The third-order valence-corrected chi connectivity index (χ3v) is 3.60. The molecule has 4 heteroatoms. The molecule has 3 aromatic rings. The number of aromatic amines is 1. The number of para-hydroxylation sites is 1. The second-order valence-electron chi connectivity index (χ2n) is 3.89. The van der Waals surface area contributed by atoms with Crippen LogP contribution in [0, 0.1) is 6.92 Å². The van der Waals surface area contributed by atoms with Crippen LogP contribution in [0.4, 0.5) is 0 Å². The molecule has 0 spiro atoms. The zero-order chi connectivity index (χ0) is 11.8. The van der Waals surface area contributed by atoms with Crippen LogP contribution >= 0.6 is 11.5 Å². The number of benzene rings is 1. The predicted molar refractivity (Wildman–Crippen MR) is 69.5 cm³/mol. The van der Waals surface area contributed by atoms with Gasteiger partial charge in [0, 0.05) is 27.4 Å². The van der Waals surface area contributed by atoms with E-state index in [0.717, 1.165) is 34.1 Å². The first-order valence-corrected chi connectivity index (χ1v) is 6.12. The molecule has 0 aliphatic rings. The number of hydrogen-bond donors (Lipinski definition) is 1. The Morgan fingerprint density at radius 3 is 2.88 bits per heavy atom. The van der Waals surface area contributed by atoms with Gasteiger partial charge in [0.1, 0.15) is 0 Å². The van der Waals surface area contributed by atoms with E-state index < -0.39 is 0 Å². The maximum Gasteiger partial charge on any atom is 0.152 e. The molecule has 0 bridgehead atoms. The van der Waals surface area contributed by atoms with Gasteiger partial charge in [0.2, 0.25) is 0 Å². The highest BCUT2D eigenvalue weighted by atomic mass is 32.1. The first kappa shape index (κ1) is 10.2. The van der Waals surface area contributed by atoms with E-state index in [2.05, 4.69) is 9.36 Å². The third kappa shape index (κ3) is 1.49. The van der Waals surface area contributed by atoms with Gasteiger partial charge in [-0.1, -0.05) is 18.2 Å². The summed E-state index contributed by atoms with van der Waals surface area (Å²) in [4.78, 5) is 14.6. The second kappa shape index (κ2) is 3.82. The zero-order valence-electron chi connectivity index (χ0n) is 9.23. The minimum atomic E-state index is 0.712. The number of nitrogens with one attached hydrogen (secondary N) is 1. The molecule has 1 aromatic carbocycles. The smallest absolute Gasteiger partial charge is 0.152 e. The molecule has 0 saturated carbocycles. The Balaban J connectivity index is 2.37. The fraction of sp³-hybridized carbons (Fsp3) is 0.0769. The van der Waals surface area contributed by atoms with Crippen molar-refractivity contribution < 1.29 is 4.79 Å². The molecular weight excluding hydrogens is 232 g/mol. The number of fused-ring (bicyclic) bond motifs is 1. The van der Waals surface area contributed by atoms with Crippen molar-refractivity contribution in [3.05, 3.63) is 40.9 Å². The summed E-state index contributed by atoms with van der Waals surface area (Å²) in [5, 5.41) is 2.93. The number of hydrogen-bond acceptors (Lipinski definition) is 3. The van der Waals surface area contributed by atoms with Gasteiger partial charge in [-0.05, 0) is 24.5 Å². The number of H-pyrrole nitrogens is 1. The lowest BCUT2D eigenvalue weighted by Crippen LogP contribution is -1.85. The van der Waals surface area contributed by atoms with Crippen LogP contribution in [0.3, 0.4) is 0 Å². The van der Waals surface area contributed by atoms with Gasteiger partial charge in [-0.25, -0.2) is 0 Å². The van der Waals surface area contributed by atoms with Crippen LogP contribution < -0.4 is 0 Å². The molecule has 0 aliphatic heterocycles. The van der Waals surface area contributed by atoms with Gasteiger partial charge in [-0.3, -0.25) is 4.79 Å². The van der Waals surface area contributed by atoms with Gasteiger partial charge < -0.3 is 4.98 Å². The Kier molecular flexibility index (Phi) is 2.30. The fourth-order valence-corrected chi connectivity index (χ4v) is 2.73. The summed E-state index contributed by atoms with van der Waals surface area (Å²) in [7, 11) is 0. The molecule has 84 valence electrons. The van der Waals surface area contributed by atoms with E-state index in [9.17, 15) is 4.79 Å². The van der Waals surface area contributed by atoms with E-state index in [1.165, 1.54) is 11.5 Å². The van der Waals surface area contributed by atoms with Crippen molar-refractivity contribution in [3.8, 4) is 11.3 Å². The van der Waals surface area contributed by atoms with Crippen LogP contribution in [0.25, 0.3) is 22.2 Å². The van der Waals surface area contributed by atoms with Crippen LogP contribution in [0.15, 0.2) is 29.6 Å². The topological polar surface area (TPSA) is 45.8 Å². The van der Waals surface area contributed by atoms with Crippen molar-refractivity contribution in [3.63, 3.8) is 0 Å². The quantitative estimate of drug-likeness (QED) is 0.700. The molecule has 17 heavy (non-hydrogen) atoms. The molecule has 0 radical (unpaired) electrons. The minimum Gasteiger partial charge on any atom is -0.354 e. The van der Waals surface area contributed by atoms with E-state index in [1.807, 2.05) is 36.6 Å². The van der Waals surface area contributed by atoms with Gasteiger partial charge in [-0.2, -0.15) is 4.37 Å². The summed E-state index contributed by atoms with van der Waals surface area (Å²) < 4.78 is 4.24. The fourth-order valence-electron chi connectivity index (χ4n) is 2.03. The number of nitrogens with zero attached hydrogens (tertiary/aromatic N) is 1. The Morgan fingerprint density at radius 1 is 1.35 bits per heavy atom. The highest BCUT2D eigenvalue weighted by molar-refractivity contribution is 7.04. The number of aromatic nitrogens is 2. The van der Waals surface area contributed by atoms with E-state index in [-0.39, 0.29) is 0 Å². The highest BCUT2D eigenvalue weighted by Gasteiger charge is 2.14. The summed E-state index contributed by atoms with van der Waals surface area (Å²) in [5.41, 5.74) is 4.52. The van der Waals surface area contributed by atoms with E-state index in [4.69, 9.17) is 0 Å². The number of carbonyl (C=O) groups excluding carboxylic acids is 1. The van der Waals surface area contributed by atoms with Crippen LogP contribution in [0.5, 0.6) is 0 Å². The Bertz CT molecular complexity index is 696. The van der Waals surface area contributed by atoms with Crippen LogP contribution in [-0.4, -0.2) is 15.6 Å². The maximum absolute atomic E-state index is 11.3. The molecule has 2 aromatic heterocycles. The average Bonchev–Trinajstić information content (AvgIpc) is 2.91. The molecule has 0 aliphatic carbocycles. The molecule has 3 rings (SSSR count). The monoisotopic (exact) mass is 242 g/mol. The maximum atomic E-state index is 11.3. The molecule has 1 N–H and O–H groups in total. The van der Waals surface area contributed by atoms with Crippen LogP contribution in [0.1, 0.15) is 16.1 Å². The van der Waals surface area contributed by atoms with Gasteiger partial charge in [0.15, 0.2) is 6.29 Å². The summed E-state index contributed by atoms with van der Waals surface area (Å²) in [6.45, 7) is 1.95. The first-order chi connectivity index (χ1) is 8.31. The average molecular weight is 242 g/mol. The van der Waals surface area contributed by atoms with Crippen molar-refractivity contribution in [2.45, 2.75) is 6.92 Å². The van der Waals surface area contributed by atoms with Crippen LogP contribution in [-0.2, 0) is 0 Å². The van der Waals surface area contributed by atoms with Gasteiger partial charge in [0.05, 0.1) is 11.4 Å². The van der Waals surface area contributed by atoms with Crippen molar-refractivity contribution >= 4 is 28.7 Å². The number of rotatable bonds is 2. The molecule has 3 nitrogen and oxygen atoms in total. The Hall–Kier alpha value is -1.94. The van der Waals surface area contributed by atoms with E-state index in [0.29, 0.717) is 5.56 Å². The van der Waals surface area contributed by atoms with E-state index in [1.54, 1.807) is 0 Å². The molecule has 0 fully saturated rings. The van der Waals surface area contributed by atoms with Crippen LogP contribution in [0.2, 0.25) is 0 Å². The molecular formula is C13H10N2OS. The number of carbonyl (C=O) groups is 1. The minimum absolute atomic E-state index is 0.712. The standard InChI is InChI=1S/C13H10N2OS/c1-8-11(7-17-15-8)13-10(6-16)9-4-2-3-5-12(9)14-13/h2-7,14H,1H3. The lowest BCUT2D eigenvalue weighted by atomic mass is 10.1. The van der Waals surface area contributed by atoms with Gasteiger partial charge in [0.25, 0.3) is 0 Å². The van der Waals surface area contributed by atoms with Gasteiger partial charge in [-0.15, -0.1) is 0 Å². The van der Waals surface area contributed by atoms with Crippen molar-refractivity contribution in [1.82, 2.24) is 9.36 Å². The first-order valence-electron chi connectivity index (χ1n) is 5.28. The molecule has 0 atom stereocenters. The molecule has 0 amide bonds. The summed E-state index contributed by atoms with van der Waals surface area (Å²) >= 11 is 1.40. The third-order valence-electron chi connectivity index (χ3n) is 2.88. The summed E-state index contributed by atoms with van der Waals surface area (Å²) in [6, 6.07) is 7.82. The molecule has 0 unspecified atom stereocenters. The largest absolute Gasteiger partial charge is 0.354 e. The number of aryl methyl sites for hydroxylation is 1. The Labute approximate surface area is 102 Å². The predicted octanol–water partition coefficient (Wildman–Crippen LogP) is 3.41. The zero-order valence-corrected chi connectivity index (χ0v) is 10.0. The van der Waals surface area contributed by atoms with Crippen molar-refractivity contribution in [1.29, 1.82) is 0 Å². The van der Waals surface area contributed by atoms with E-state index >= 15 is 0 Å². The lowest BCUT2D eigenvalue weighted by Gasteiger charge is -1.96. The summed E-state index contributed by atoms with van der Waals surface area (Å²) in [6.07, 6.45) is 0.908. The van der Waals surface area contributed by atoms with Crippen molar-refractivity contribution in [2.24, 2.45) is 0 Å². The lowest BCUT2D eigenvalue weighted by molar-refractivity contribution is 0.112. The van der Waals surface area contributed by atoms with Crippen molar-refractivity contribution in [2.75, 3.05) is 0 Å². The highest BCUT2D eigenvalue weighted by Crippen LogP contribution is 2.31. The van der Waals surface area contributed by atoms with Gasteiger partial charge >= 0.3 is 0 Å². The second-order valence-corrected chi connectivity index (χ2v) is 4.52. The Morgan fingerprint density at radius 2 is 2.18 bits per heavy atom.